The van der Waals surface area contributed by atoms with Crippen molar-refractivity contribution in [1.82, 2.24) is 0 Å². The van der Waals surface area contributed by atoms with Crippen LogP contribution in [0.15, 0.2) is 166 Å². The summed E-state index contributed by atoms with van der Waals surface area (Å²) in [4.78, 5) is 50.4. The van der Waals surface area contributed by atoms with Gasteiger partial charge in [0.1, 0.15) is 23.0 Å². The topological polar surface area (TPSA) is 105 Å². The first-order valence-corrected chi connectivity index (χ1v) is 19.4. The second kappa shape index (κ2) is 18.8. The Morgan fingerprint density at radius 2 is 0.770 bits per heavy atom. The predicted molar refractivity (Wildman–Crippen MR) is 239 cm³/mol. The van der Waals surface area contributed by atoms with Crippen molar-refractivity contribution < 1.29 is 38.1 Å². The van der Waals surface area contributed by atoms with Crippen molar-refractivity contribution in [2.75, 3.05) is 0 Å². The van der Waals surface area contributed by atoms with Gasteiger partial charge < -0.3 is 18.9 Å². The van der Waals surface area contributed by atoms with Crippen molar-refractivity contribution in [1.29, 1.82) is 0 Å². The molecule has 0 aromatic heterocycles. The predicted octanol–water partition coefficient (Wildman–Crippen LogP) is 11.5. The lowest BCUT2D eigenvalue weighted by Crippen LogP contribution is -2.14. The number of aryl methyl sites for hydroxylation is 4. The Kier molecular flexibility index (Phi) is 13.2. The van der Waals surface area contributed by atoms with Gasteiger partial charge in [-0.05, 0) is 137 Å². The molecular weight excluding hydrogens is 765 g/mol. The van der Waals surface area contributed by atoms with Gasteiger partial charge in [-0.3, -0.25) is 0 Å². The van der Waals surface area contributed by atoms with Crippen molar-refractivity contribution >= 4 is 23.9 Å². The maximum absolute atomic E-state index is 13.1. The minimum absolute atomic E-state index is 0.298. The van der Waals surface area contributed by atoms with E-state index in [0.717, 1.165) is 63.2 Å². The number of carbonyl (C=O) groups is 4. The molecule has 0 aliphatic heterocycles. The molecule has 0 spiro atoms. The molecule has 6 aromatic carbocycles. The van der Waals surface area contributed by atoms with E-state index >= 15 is 0 Å². The van der Waals surface area contributed by atoms with Gasteiger partial charge in [0, 0.05) is 41.3 Å². The maximum atomic E-state index is 13.1. The third kappa shape index (κ3) is 9.73. The standard InChI is InChI=1S/C53H44O8/c1-9-47(54)58-45-24-22-39(26-32(45)5)41-28-34(7)52(60-49(56)11-3)43(30-41)51(38-20-18-37(19-21-38)36-16-14-13-15-17-36)44-31-42(29-35(8)53(44)61-50(57)12-4)40-23-25-46(33(6)27-40)59-48(55)10-2/h9-31,51H,1-4H2,5-8H3. The first kappa shape index (κ1) is 42.8. The monoisotopic (exact) mass is 808 g/mol. The number of carbonyl (C=O) groups excluding carboxylic acids is 4. The summed E-state index contributed by atoms with van der Waals surface area (Å²) < 4.78 is 23.1. The zero-order valence-electron chi connectivity index (χ0n) is 34.5. The maximum Gasteiger partial charge on any atom is 0.335 e. The SMILES string of the molecule is C=CC(=O)Oc1ccc(-c2cc(C)c(OC(=O)C=C)c(C(c3ccc(-c4ccccc4)cc3)c3cc(-c4ccc(OC(=O)C=C)c(C)c4)cc(C)c3OC(=O)C=C)c2)cc1C. The highest BCUT2D eigenvalue weighted by Crippen LogP contribution is 2.47. The van der Waals surface area contributed by atoms with E-state index in [1.807, 2.05) is 131 Å². The number of hydrogen-bond donors (Lipinski definition) is 0. The number of ether oxygens (including phenoxy) is 4. The minimum atomic E-state index is -0.717. The van der Waals surface area contributed by atoms with Crippen LogP contribution in [0.1, 0.15) is 44.9 Å². The Hall–Kier alpha value is -7.84. The molecule has 8 heteroatoms. The molecule has 0 N–H and O–H groups in total. The van der Waals surface area contributed by atoms with Crippen LogP contribution >= 0.6 is 0 Å². The molecule has 0 radical (unpaired) electrons. The zero-order valence-corrected chi connectivity index (χ0v) is 34.5. The molecule has 0 heterocycles. The third-order valence-electron chi connectivity index (χ3n) is 10.1. The first-order valence-electron chi connectivity index (χ1n) is 19.4. The van der Waals surface area contributed by atoms with E-state index in [1.54, 1.807) is 12.1 Å². The smallest absolute Gasteiger partial charge is 0.335 e. The Morgan fingerprint density at radius 3 is 1.16 bits per heavy atom. The van der Waals surface area contributed by atoms with Gasteiger partial charge in [-0.1, -0.05) is 93.0 Å². The lowest BCUT2D eigenvalue weighted by atomic mass is 9.80. The van der Waals surface area contributed by atoms with Crippen LogP contribution in [0.25, 0.3) is 33.4 Å². The lowest BCUT2D eigenvalue weighted by Gasteiger charge is -2.27. The molecule has 0 amide bonds. The summed E-state index contributed by atoms with van der Waals surface area (Å²) in [6.45, 7) is 21.7. The highest BCUT2D eigenvalue weighted by molar-refractivity contribution is 5.87. The van der Waals surface area contributed by atoms with Crippen LogP contribution < -0.4 is 18.9 Å². The van der Waals surface area contributed by atoms with E-state index in [0.29, 0.717) is 56.4 Å². The van der Waals surface area contributed by atoms with Gasteiger partial charge in [0.15, 0.2) is 0 Å². The molecule has 0 bridgehead atoms. The number of rotatable bonds is 14. The summed E-state index contributed by atoms with van der Waals surface area (Å²) in [6.07, 6.45) is 4.42. The summed E-state index contributed by atoms with van der Waals surface area (Å²) in [5.41, 5.74) is 9.86. The van der Waals surface area contributed by atoms with Gasteiger partial charge in [-0.2, -0.15) is 0 Å². The molecular formula is C53H44O8. The number of hydrogen-bond acceptors (Lipinski definition) is 8. The normalized spacial score (nSPS) is 10.6. The van der Waals surface area contributed by atoms with E-state index in [2.05, 4.69) is 26.3 Å². The second-order valence-electron chi connectivity index (χ2n) is 14.3. The van der Waals surface area contributed by atoms with Gasteiger partial charge in [0.05, 0.1) is 0 Å². The van der Waals surface area contributed by atoms with Gasteiger partial charge in [0.2, 0.25) is 0 Å². The second-order valence-corrected chi connectivity index (χ2v) is 14.3. The summed E-state index contributed by atoms with van der Waals surface area (Å²) in [5.74, 6) is -1.80. The molecule has 0 saturated heterocycles. The quantitative estimate of drug-likeness (QED) is 0.0464. The summed E-state index contributed by atoms with van der Waals surface area (Å²) >= 11 is 0. The molecule has 0 aliphatic carbocycles. The van der Waals surface area contributed by atoms with E-state index in [-0.39, 0.29) is 0 Å². The average Bonchev–Trinajstić information content (AvgIpc) is 3.27. The van der Waals surface area contributed by atoms with Crippen LogP contribution in [0.5, 0.6) is 23.0 Å². The lowest BCUT2D eigenvalue weighted by molar-refractivity contribution is -0.130. The van der Waals surface area contributed by atoms with Crippen molar-refractivity contribution in [2.24, 2.45) is 0 Å². The molecule has 8 nitrogen and oxygen atoms in total. The average molecular weight is 809 g/mol. The molecule has 0 aliphatic rings. The molecule has 6 aromatic rings. The zero-order chi connectivity index (χ0) is 43.8. The number of benzene rings is 6. The number of esters is 4. The van der Waals surface area contributed by atoms with E-state index in [9.17, 15) is 19.2 Å². The van der Waals surface area contributed by atoms with Crippen molar-refractivity contribution in [3.05, 3.63) is 205 Å². The fourth-order valence-electron chi connectivity index (χ4n) is 7.14. The van der Waals surface area contributed by atoms with Crippen LogP contribution in [-0.2, 0) is 19.2 Å². The molecule has 0 unspecified atom stereocenters. The Balaban J connectivity index is 1.66. The van der Waals surface area contributed by atoms with Gasteiger partial charge in [-0.15, -0.1) is 0 Å². The molecule has 0 atom stereocenters. The van der Waals surface area contributed by atoms with Gasteiger partial charge in [-0.25, -0.2) is 19.2 Å². The van der Waals surface area contributed by atoms with Crippen molar-refractivity contribution in [3.63, 3.8) is 0 Å². The van der Waals surface area contributed by atoms with Crippen LogP contribution in [0, 0.1) is 27.7 Å². The molecule has 0 saturated carbocycles. The van der Waals surface area contributed by atoms with Crippen molar-refractivity contribution in [2.45, 2.75) is 33.6 Å². The van der Waals surface area contributed by atoms with Crippen LogP contribution in [-0.4, -0.2) is 23.9 Å². The highest BCUT2D eigenvalue weighted by atomic mass is 16.5. The van der Waals surface area contributed by atoms with Gasteiger partial charge in [0.25, 0.3) is 0 Å². The largest absolute Gasteiger partial charge is 0.423 e. The highest BCUT2D eigenvalue weighted by Gasteiger charge is 2.29. The van der Waals surface area contributed by atoms with Crippen LogP contribution in [0.3, 0.4) is 0 Å². The fourth-order valence-corrected chi connectivity index (χ4v) is 7.14. The molecule has 61 heavy (non-hydrogen) atoms. The minimum Gasteiger partial charge on any atom is -0.423 e. The molecule has 6 rings (SSSR count). The van der Waals surface area contributed by atoms with Crippen LogP contribution in [0.2, 0.25) is 0 Å². The molecule has 304 valence electrons. The Bertz CT molecular complexity index is 2580. The summed E-state index contributed by atoms with van der Waals surface area (Å²) in [7, 11) is 0. The van der Waals surface area contributed by atoms with E-state index in [4.69, 9.17) is 18.9 Å². The Labute approximate surface area is 355 Å². The summed E-state index contributed by atoms with van der Waals surface area (Å²) in [6, 6.07) is 36.7. The van der Waals surface area contributed by atoms with E-state index < -0.39 is 29.8 Å². The molecule has 0 fully saturated rings. The first-order chi connectivity index (χ1) is 29.3. The van der Waals surface area contributed by atoms with Crippen molar-refractivity contribution in [3.8, 4) is 56.4 Å². The fraction of sp³-hybridized carbons (Fsp3) is 0.0943. The van der Waals surface area contributed by atoms with E-state index in [1.165, 1.54) is 0 Å². The Morgan fingerprint density at radius 1 is 0.410 bits per heavy atom. The summed E-state index contributed by atoms with van der Waals surface area (Å²) in [5, 5.41) is 0. The van der Waals surface area contributed by atoms with Crippen LogP contribution in [0.4, 0.5) is 0 Å². The third-order valence-corrected chi connectivity index (χ3v) is 10.1. The van der Waals surface area contributed by atoms with Gasteiger partial charge >= 0.3 is 23.9 Å².